The fraction of sp³-hybridized carbons (Fsp3) is 0.625. The van der Waals surface area contributed by atoms with Crippen molar-refractivity contribution in [1.82, 2.24) is 4.90 Å². The first-order valence-electron chi connectivity index (χ1n) is 4.31. The smallest absolute Gasteiger partial charge is 0.330 e. The predicted molar refractivity (Wildman–Crippen MR) is 58.4 cm³/mol. The Morgan fingerprint density at radius 1 is 1.40 bits per heavy atom. The van der Waals surface area contributed by atoms with Crippen LogP contribution in [0.1, 0.15) is 6.92 Å². The minimum Gasteiger partial charge on any atom is -0.467 e. The molecule has 0 heterocycles. The van der Waals surface area contributed by atoms with E-state index in [0.29, 0.717) is 0 Å². The Balaban J connectivity index is 4.57. The highest BCUT2D eigenvalue weighted by Crippen LogP contribution is 1.93. The minimum absolute atomic E-state index is 0.0564. The number of hydrogen-bond acceptors (Lipinski definition) is 3. The van der Waals surface area contributed by atoms with Crippen LogP contribution < -0.4 is 11.5 Å². The topological polar surface area (TPSA) is 106 Å². The molecule has 7 heteroatoms. The van der Waals surface area contributed by atoms with Crippen LogP contribution in [0.5, 0.6) is 0 Å². The molecule has 0 bridgehead atoms. The molecule has 0 saturated carbocycles. The van der Waals surface area contributed by atoms with Gasteiger partial charge in [-0.05, 0) is 6.92 Å². The van der Waals surface area contributed by atoms with Crippen molar-refractivity contribution >= 4 is 17.9 Å². The summed E-state index contributed by atoms with van der Waals surface area (Å²) in [5, 5.41) is 0. The normalized spacial score (nSPS) is 14.7. The molecule has 0 aromatic rings. The Bertz CT molecular complexity index is 285. The number of aliphatic imine (C=N–C) groups is 2. The minimum atomic E-state index is -0.686. The van der Waals surface area contributed by atoms with E-state index in [9.17, 15) is 4.79 Å². The summed E-state index contributed by atoms with van der Waals surface area (Å²) in [4.78, 5) is 20.1. The number of rotatable bonds is 2. The standard InChI is InChI=1S/C8H17N5O2/c1-5(6(14)15-4)11-7(9)12-8(10)13(2)3/h5H,1-4H3,(H4,9,10,11,12). The van der Waals surface area contributed by atoms with E-state index in [2.05, 4.69) is 14.7 Å². The molecule has 0 aromatic carbocycles. The summed E-state index contributed by atoms with van der Waals surface area (Å²) in [7, 11) is 4.72. The summed E-state index contributed by atoms with van der Waals surface area (Å²) in [5.74, 6) is -0.316. The lowest BCUT2D eigenvalue weighted by atomic mass is 10.4. The number of ether oxygens (including phenoxy) is 1. The van der Waals surface area contributed by atoms with E-state index in [0.717, 1.165) is 0 Å². The third-order valence-corrected chi connectivity index (χ3v) is 1.56. The molecule has 15 heavy (non-hydrogen) atoms. The second-order valence-corrected chi connectivity index (χ2v) is 3.05. The van der Waals surface area contributed by atoms with Crippen molar-refractivity contribution in [1.29, 1.82) is 0 Å². The largest absolute Gasteiger partial charge is 0.467 e. The van der Waals surface area contributed by atoms with Gasteiger partial charge in [0.15, 0.2) is 5.96 Å². The van der Waals surface area contributed by atoms with Gasteiger partial charge in [0, 0.05) is 14.1 Å². The maximum atomic E-state index is 11.0. The molecular formula is C8H17N5O2. The average Bonchev–Trinajstić information content (AvgIpc) is 2.15. The second-order valence-electron chi connectivity index (χ2n) is 3.05. The lowest BCUT2D eigenvalue weighted by Crippen LogP contribution is -2.33. The van der Waals surface area contributed by atoms with E-state index in [1.165, 1.54) is 7.11 Å². The number of esters is 1. The average molecular weight is 215 g/mol. The molecule has 0 rings (SSSR count). The number of nitrogens with two attached hydrogens (primary N) is 2. The number of carbonyl (C=O) groups is 1. The number of carbonyl (C=O) groups excluding carboxylic acids is 1. The van der Waals surface area contributed by atoms with Crippen molar-refractivity contribution in [2.24, 2.45) is 21.5 Å². The molecule has 86 valence electrons. The maximum absolute atomic E-state index is 11.0. The molecular weight excluding hydrogens is 198 g/mol. The first kappa shape index (κ1) is 13.2. The van der Waals surface area contributed by atoms with Gasteiger partial charge in [0.05, 0.1) is 7.11 Å². The summed E-state index contributed by atoms with van der Waals surface area (Å²) in [6.07, 6.45) is 0. The van der Waals surface area contributed by atoms with Crippen molar-refractivity contribution in [2.45, 2.75) is 13.0 Å². The van der Waals surface area contributed by atoms with Crippen LogP contribution in [-0.4, -0.2) is 50.0 Å². The molecule has 0 spiro atoms. The van der Waals surface area contributed by atoms with Gasteiger partial charge in [-0.15, -0.1) is 0 Å². The molecule has 1 atom stereocenters. The molecule has 1 unspecified atom stereocenters. The van der Waals surface area contributed by atoms with Gasteiger partial charge in [0.2, 0.25) is 5.96 Å². The Hall–Kier alpha value is -1.79. The van der Waals surface area contributed by atoms with Crippen molar-refractivity contribution in [3.63, 3.8) is 0 Å². The Kier molecular flexibility index (Phi) is 5.14. The number of guanidine groups is 2. The molecule has 0 aliphatic heterocycles. The van der Waals surface area contributed by atoms with Crippen molar-refractivity contribution in [3.05, 3.63) is 0 Å². The SMILES string of the molecule is COC(=O)C(C)N=C(N)N=C(N)N(C)C. The molecule has 0 radical (unpaired) electrons. The van der Waals surface area contributed by atoms with Gasteiger partial charge in [-0.1, -0.05) is 0 Å². The zero-order chi connectivity index (χ0) is 12.0. The Labute approximate surface area is 88.8 Å². The summed E-state index contributed by atoms with van der Waals surface area (Å²) in [6, 6.07) is -0.686. The summed E-state index contributed by atoms with van der Waals surface area (Å²) in [5.41, 5.74) is 11.0. The van der Waals surface area contributed by atoms with E-state index in [1.807, 2.05) is 0 Å². The summed E-state index contributed by atoms with van der Waals surface area (Å²) < 4.78 is 4.47. The van der Waals surface area contributed by atoms with Gasteiger partial charge in [0.25, 0.3) is 0 Å². The van der Waals surface area contributed by atoms with Crippen molar-refractivity contribution < 1.29 is 9.53 Å². The monoisotopic (exact) mass is 215 g/mol. The fourth-order valence-electron chi connectivity index (χ4n) is 0.668. The summed E-state index contributed by atoms with van der Waals surface area (Å²) >= 11 is 0. The van der Waals surface area contributed by atoms with Crippen LogP contribution >= 0.6 is 0 Å². The maximum Gasteiger partial charge on any atom is 0.330 e. The second kappa shape index (κ2) is 5.84. The van der Waals surface area contributed by atoms with Gasteiger partial charge < -0.3 is 21.1 Å². The first-order chi connectivity index (χ1) is 6.88. The van der Waals surface area contributed by atoms with Gasteiger partial charge in [-0.3, -0.25) is 0 Å². The zero-order valence-corrected chi connectivity index (χ0v) is 9.39. The molecule has 0 aliphatic carbocycles. The van der Waals surface area contributed by atoms with Crippen LogP contribution in [-0.2, 0) is 9.53 Å². The highest BCUT2D eigenvalue weighted by Gasteiger charge is 2.11. The van der Waals surface area contributed by atoms with E-state index in [4.69, 9.17) is 11.5 Å². The predicted octanol–water partition coefficient (Wildman–Crippen LogP) is -1.26. The zero-order valence-electron chi connectivity index (χ0n) is 9.39. The van der Waals surface area contributed by atoms with Gasteiger partial charge >= 0.3 is 5.97 Å². The molecule has 7 nitrogen and oxygen atoms in total. The number of hydrogen-bond donors (Lipinski definition) is 2. The molecule has 4 N–H and O–H groups in total. The molecule has 0 amide bonds. The van der Waals surface area contributed by atoms with E-state index in [-0.39, 0.29) is 11.9 Å². The van der Waals surface area contributed by atoms with Crippen LogP contribution in [0.2, 0.25) is 0 Å². The van der Waals surface area contributed by atoms with Crippen molar-refractivity contribution in [2.75, 3.05) is 21.2 Å². The van der Waals surface area contributed by atoms with Gasteiger partial charge in [-0.2, -0.15) is 4.99 Å². The third-order valence-electron chi connectivity index (χ3n) is 1.56. The van der Waals surface area contributed by atoms with Crippen LogP contribution in [0.3, 0.4) is 0 Å². The number of nitrogens with zero attached hydrogens (tertiary/aromatic N) is 3. The summed E-state index contributed by atoms with van der Waals surface area (Å²) in [6.45, 7) is 1.56. The van der Waals surface area contributed by atoms with Crippen LogP contribution in [0, 0.1) is 0 Å². The molecule has 0 aromatic heterocycles. The molecule has 0 saturated heterocycles. The van der Waals surface area contributed by atoms with Crippen LogP contribution in [0.25, 0.3) is 0 Å². The third kappa shape index (κ3) is 4.84. The highest BCUT2D eigenvalue weighted by atomic mass is 16.5. The fourth-order valence-corrected chi connectivity index (χ4v) is 0.668. The quantitative estimate of drug-likeness (QED) is 0.339. The van der Waals surface area contributed by atoms with Crippen LogP contribution in [0.4, 0.5) is 0 Å². The van der Waals surface area contributed by atoms with E-state index in [1.54, 1.807) is 25.9 Å². The number of methoxy groups -OCH3 is 1. The van der Waals surface area contributed by atoms with Gasteiger partial charge in [-0.25, -0.2) is 9.79 Å². The Morgan fingerprint density at radius 3 is 2.33 bits per heavy atom. The van der Waals surface area contributed by atoms with E-state index >= 15 is 0 Å². The molecule has 0 fully saturated rings. The highest BCUT2D eigenvalue weighted by molar-refractivity contribution is 5.94. The van der Waals surface area contributed by atoms with Crippen molar-refractivity contribution in [3.8, 4) is 0 Å². The lowest BCUT2D eigenvalue weighted by Gasteiger charge is -2.10. The Morgan fingerprint density at radius 2 is 1.93 bits per heavy atom. The molecule has 0 aliphatic rings. The first-order valence-corrected chi connectivity index (χ1v) is 4.31. The van der Waals surface area contributed by atoms with Gasteiger partial charge in [0.1, 0.15) is 6.04 Å². The van der Waals surface area contributed by atoms with E-state index < -0.39 is 12.0 Å². The lowest BCUT2D eigenvalue weighted by molar-refractivity contribution is -0.141. The van der Waals surface area contributed by atoms with Crippen LogP contribution in [0.15, 0.2) is 9.98 Å².